The summed E-state index contributed by atoms with van der Waals surface area (Å²) in [6.45, 7) is 1.67. The van der Waals surface area contributed by atoms with Gasteiger partial charge in [-0.25, -0.2) is 0 Å². The van der Waals surface area contributed by atoms with Gasteiger partial charge in [0.1, 0.15) is 11.5 Å². The number of carbonyl (C=O) groups is 1. The standard InChI is InChI=1S/C22H26N2O5.ClH/c1-27-17-4-3-5-18(16(17)10-23)29-20-8-14(6-7-19(20)28-2)21(26)24-11-15-9-22(15,12-24)13-25;/h3-8,15,25H,9-13,23H2,1-2H3;1H/t15-,22+;/m1./s1. The molecule has 0 bridgehead atoms. The van der Waals surface area contributed by atoms with E-state index in [0.29, 0.717) is 47.6 Å². The molecule has 1 aliphatic carbocycles. The highest BCUT2D eigenvalue weighted by Gasteiger charge is 2.60. The molecule has 1 aliphatic heterocycles. The van der Waals surface area contributed by atoms with Gasteiger partial charge in [0, 0.05) is 30.6 Å². The summed E-state index contributed by atoms with van der Waals surface area (Å²) in [4.78, 5) is 14.8. The highest BCUT2D eigenvalue weighted by atomic mass is 35.5. The van der Waals surface area contributed by atoms with Gasteiger partial charge in [-0.05, 0) is 42.7 Å². The monoisotopic (exact) mass is 434 g/mol. The first-order valence-electron chi connectivity index (χ1n) is 9.67. The zero-order chi connectivity index (χ0) is 20.6. The number of rotatable bonds is 7. The fourth-order valence-electron chi connectivity index (χ4n) is 4.22. The Morgan fingerprint density at radius 2 is 1.90 bits per heavy atom. The minimum Gasteiger partial charge on any atom is -0.496 e. The lowest BCUT2D eigenvalue weighted by Crippen LogP contribution is -2.32. The van der Waals surface area contributed by atoms with Crippen LogP contribution in [-0.2, 0) is 6.54 Å². The van der Waals surface area contributed by atoms with Crippen molar-refractivity contribution in [1.82, 2.24) is 4.90 Å². The fourth-order valence-corrected chi connectivity index (χ4v) is 4.22. The smallest absolute Gasteiger partial charge is 0.254 e. The second kappa shape index (κ2) is 8.71. The molecule has 0 radical (unpaired) electrons. The highest BCUT2D eigenvalue weighted by molar-refractivity contribution is 5.95. The van der Waals surface area contributed by atoms with Crippen molar-refractivity contribution in [1.29, 1.82) is 0 Å². The first-order valence-corrected chi connectivity index (χ1v) is 9.67. The topological polar surface area (TPSA) is 94.2 Å². The molecule has 3 N–H and O–H groups in total. The third kappa shape index (κ3) is 3.80. The number of aliphatic hydroxyl groups excluding tert-OH is 1. The maximum absolute atomic E-state index is 13.0. The lowest BCUT2D eigenvalue weighted by atomic mass is 10.1. The lowest BCUT2D eigenvalue weighted by Gasteiger charge is -2.21. The van der Waals surface area contributed by atoms with E-state index in [1.165, 1.54) is 0 Å². The van der Waals surface area contributed by atoms with Gasteiger partial charge < -0.3 is 30.0 Å². The SMILES string of the molecule is COc1ccc(C(=O)N2C[C@H]3C[C@@]3(CO)C2)cc1Oc1cccc(OC)c1CN.Cl. The zero-order valence-corrected chi connectivity index (χ0v) is 17.9. The van der Waals surface area contributed by atoms with Crippen LogP contribution in [0.1, 0.15) is 22.3 Å². The Morgan fingerprint density at radius 3 is 2.53 bits per heavy atom. The van der Waals surface area contributed by atoms with Crippen LogP contribution in [0.3, 0.4) is 0 Å². The Labute approximate surface area is 182 Å². The summed E-state index contributed by atoms with van der Waals surface area (Å²) in [5, 5.41) is 9.61. The van der Waals surface area contributed by atoms with Gasteiger partial charge in [0.2, 0.25) is 0 Å². The fraction of sp³-hybridized carbons (Fsp3) is 0.409. The van der Waals surface area contributed by atoms with Crippen molar-refractivity contribution in [2.24, 2.45) is 17.1 Å². The third-order valence-electron chi connectivity index (χ3n) is 6.05. The summed E-state index contributed by atoms with van der Waals surface area (Å²) < 4.78 is 16.9. The maximum Gasteiger partial charge on any atom is 0.254 e. The predicted molar refractivity (Wildman–Crippen MR) is 115 cm³/mol. The third-order valence-corrected chi connectivity index (χ3v) is 6.05. The van der Waals surface area contributed by atoms with Crippen LogP contribution >= 0.6 is 12.4 Å². The number of fused-ring (bicyclic) bond motifs is 1. The van der Waals surface area contributed by atoms with Crippen molar-refractivity contribution in [2.45, 2.75) is 13.0 Å². The number of carbonyl (C=O) groups excluding carboxylic acids is 1. The number of ether oxygens (including phenoxy) is 3. The summed E-state index contributed by atoms with van der Waals surface area (Å²) in [7, 11) is 3.13. The van der Waals surface area contributed by atoms with Gasteiger partial charge in [-0.15, -0.1) is 12.4 Å². The molecule has 4 rings (SSSR count). The van der Waals surface area contributed by atoms with Crippen molar-refractivity contribution in [3.05, 3.63) is 47.5 Å². The number of halogens is 1. The van der Waals surface area contributed by atoms with E-state index < -0.39 is 0 Å². The van der Waals surface area contributed by atoms with Gasteiger partial charge in [0.15, 0.2) is 11.5 Å². The van der Waals surface area contributed by atoms with Crippen LogP contribution in [-0.4, -0.2) is 49.8 Å². The first-order chi connectivity index (χ1) is 14.0. The van der Waals surface area contributed by atoms with E-state index in [4.69, 9.17) is 19.9 Å². The molecule has 162 valence electrons. The minimum atomic E-state index is -0.0852. The molecular weight excluding hydrogens is 408 g/mol. The molecule has 0 spiro atoms. The van der Waals surface area contributed by atoms with E-state index in [1.54, 1.807) is 38.5 Å². The number of methoxy groups -OCH3 is 2. The zero-order valence-electron chi connectivity index (χ0n) is 17.1. The van der Waals surface area contributed by atoms with Crippen molar-refractivity contribution < 1.29 is 24.1 Å². The summed E-state index contributed by atoms with van der Waals surface area (Å²) in [6.07, 6.45) is 1.00. The molecule has 1 heterocycles. The van der Waals surface area contributed by atoms with Crippen LogP contribution in [0.4, 0.5) is 0 Å². The number of amides is 1. The van der Waals surface area contributed by atoms with Gasteiger partial charge in [-0.1, -0.05) is 6.07 Å². The molecule has 30 heavy (non-hydrogen) atoms. The highest BCUT2D eigenvalue weighted by Crippen LogP contribution is 2.57. The van der Waals surface area contributed by atoms with Gasteiger partial charge in [0.25, 0.3) is 5.91 Å². The number of nitrogens with two attached hydrogens (primary N) is 1. The summed E-state index contributed by atoms with van der Waals surface area (Å²) in [6, 6.07) is 10.6. The number of aliphatic hydroxyl groups is 1. The number of hydrogen-bond donors (Lipinski definition) is 2. The molecule has 2 fully saturated rings. The lowest BCUT2D eigenvalue weighted by molar-refractivity contribution is 0.0751. The second-order valence-corrected chi connectivity index (χ2v) is 7.72. The molecule has 2 aromatic rings. The van der Waals surface area contributed by atoms with Crippen LogP contribution in [0, 0.1) is 11.3 Å². The van der Waals surface area contributed by atoms with E-state index in [-0.39, 0.29) is 36.9 Å². The molecule has 1 saturated heterocycles. The molecule has 1 saturated carbocycles. The van der Waals surface area contributed by atoms with Gasteiger partial charge in [-0.2, -0.15) is 0 Å². The van der Waals surface area contributed by atoms with Crippen LogP contribution in [0.15, 0.2) is 36.4 Å². The molecule has 2 aliphatic rings. The normalized spacial score (nSPS) is 21.5. The number of benzene rings is 2. The van der Waals surface area contributed by atoms with Crippen molar-refractivity contribution in [3.63, 3.8) is 0 Å². The van der Waals surface area contributed by atoms with E-state index in [9.17, 15) is 9.90 Å². The molecule has 2 aromatic carbocycles. The maximum atomic E-state index is 13.0. The Bertz CT molecular complexity index is 934. The number of hydrogen-bond acceptors (Lipinski definition) is 6. The number of piperidine rings is 1. The van der Waals surface area contributed by atoms with Crippen molar-refractivity contribution >= 4 is 18.3 Å². The molecule has 0 aromatic heterocycles. The molecular formula is C22H27ClN2O5. The molecule has 0 unspecified atom stereocenters. The molecule has 8 heteroatoms. The van der Waals surface area contributed by atoms with Gasteiger partial charge in [0.05, 0.1) is 26.4 Å². The minimum absolute atomic E-state index is 0. The average molecular weight is 435 g/mol. The van der Waals surface area contributed by atoms with E-state index in [1.807, 2.05) is 17.0 Å². The Hall–Kier alpha value is -2.48. The van der Waals surface area contributed by atoms with Crippen LogP contribution in [0.2, 0.25) is 0 Å². The average Bonchev–Trinajstić information content (AvgIpc) is 3.32. The predicted octanol–water partition coefficient (Wildman–Crippen LogP) is 2.83. The first kappa shape index (κ1) is 22.2. The van der Waals surface area contributed by atoms with Gasteiger partial charge in [-0.3, -0.25) is 4.79 Å². The van der Waals surface area contributed by atoms with E-state index >= 15 is 0 Å². The van der Waals surface area contributed by atoms with Gasteiger partial charge >= 0.3 is 0 Å². The molecule has 1 amide bonds. The number of likely N-dealkylation sites (tertiary alicyclic amines) is 1. The molecule has 2 atom stereocenters. The van der Waals surface area contributed by atoms with Crippen molar-refractivity contribution in [3.8, 4) is 23.0 Å². The Kier molecular flexibility index (Phi) is 6.45. The summed E-state index contributed by atoms with van der Waals surface area (Å²) in [5.41, 5.74) is 7.05. The van der Waals surface area contributed by atoms with E-state index in [2.05, 4.69) is 0 Å². The number of nitrogens with zero attached hydrogens (tertiary/aromatic N) is 1. The largest absolute Gasteiger partial charge is 0.496 e. The van der Waals surface area contributed by atoms with Crippen molar-refractivity contribution in [2.75, 3.05) is 33.9 Å². The van der Waals surface area contributed by atoms with Crippen LogP contribution in [0.5, 0.6) is 23.0 Å². The summed E-state index contributed by atoms with van der Waals surface area (Å²) in [5.74, 6) is 2.49. The molecule has 7 nitrogen and oxygen atoms in total. The summed E-state index contributed by atoms with van der Waals surface area (Å²) >= 11 is 0. The quantitative estimate of drug-likeness (QED) is 0.695. The Morgan fingerprint density at radius 1 is 1.17 bits per heavy atom. The van der Waals surface area contributed by atoms with Crippen LogP contribution < -0.4 is 19.9 Å². The van der Waals surface area contributed by atoms with Crippen LogP contribution in [0.25, 0.3) is 0 Å². The second-order valence-electron chi connectivity index (χ2n) is 7.72. The van der Waals surface area contributed by atoms with E-state index in [0.717, 1.165) is 12.0 Å². The Balaban J connectivity index is 0.00000256.